The Morgan fingerprint density at radius 3 is 2.45 bits per heavy atom. The topological polar surface area (TPSA) is 54.0 Å². The van der Waals surface area contributed by atoms with Crippen LogP contribution in [0, 0.1) is 5.92 Å². The molecule has 9 heteroatoms. The molecule has 2 N–H and O–H groups in total. The summed E-state index contributed by atoms with van der Waals surface area (Å²) in [6.45, 7) is 0.647. The quantitative estimate of drug-likeness (QED) is 0.610. The SMILES string of the molecule is O=C(N[C@H]1CC[C@H](CNc2ccc(C(F)(F)F)nc2)CC1)c1cc(Cl)ccc1Cl. The maximum atomic E-state index is 12.5. The Morgan fingerprint density at radius 2 is 1.83 bits per heavy atom. The Bertz CT molecular complexity index is 851. The van der Waals surface area contributed by atoms with Crippen molar-refractivity contribution < 1.29 is 18.0 Å². The van der Waals surface area contributed by atoms with Gasteiger partial charge in [0.1, 0.15) is 5.69 Å². The molecule has 29 heavy (non-hydrogen) atoms. The first-order valence-corrected chi connectivity index (χ1v) is 10.0. The number of halogens is 5. The molecule has 0 radical (unpaired) electrons. The van der Waals surface area contributed by atoms with Gasteiger partial charge in [0.15, 0.2) is 0 Å². The Balaban J connectivity index is 1.44. The van der Waals surface area contributed by atoms with Gasteiger partial charge in [-0.15, -0.1) is 0 Å². The van der Waals surface area contributed by atoms with E-state index in [1.54, 1.807) is 18.2 Å². The Hall–Kier alpha value is -1.99. The summed E-state index contributed by atoms with van der Waals surface area (Å²) in [5.41, 5.74) is 0.0147. The second-order valence-corrected chi connectivity index (χ2v) is 7.97. The molecule has 0 unspecified atom stereocenters. The van der Waals surface area contributed by atoms with Crippen LogP contribution in [0.1, 0.15) is 41.7 Å². The van der Waals surface area contributed by atoms with Gasteiger partial charge in [0.05, 0.1) is 22.5 Å². The molecular formula is C20H20Cl2F3N3O. The van der Waals surface area contributed by atoms with E-state index in [9.17, 15) is 18.0 Å². The fourth-order valence-electron chi connectivity index (χ4n) is 3.37. The third-order valence-electron chi connectivity index (χ3n) is 5.00. The van der Waals surface area contributed by atoms with Gasteiger partial charge in [-0.3, -0.25) is 4.79 Å². The van der Waals surface area contributed by atoms with Gasteiger partial charge < -0.3 is 10.6 Å². The first kappa shape index (κ1) is 21.7. The number of alkyl halides is 3. The lowest BCUT2D eigenvalue weighted by Crippen LogP contribution is -2.38. The van der Waals surface area contributed by atoms with Crippen molar-refractivity contribution in [3.05, 3.63) is 57.8 Å². The molecule has 0 aliphatic heterocycles. The number of rotatable bonds is 5. The van der Waals surface area contributed by atoms with Gasteiger partial charge in [-0.1, -0.05) is 23.2 Å². The Labute approximate surface area is 176 Å². The zero-order valence-corrected chi connectivity index (χ0v) is 16.9. The highest BCUT2D eigenvalue weighted by molar-refractivity contribution is 6.35. The third kappa shape index (κ3) is 6.00. The molecule has 4 nitrogen and oxygen atoms in total. The summed E-state index contributed by atoms with van der Waals surface area (Å²) in [5, 5.41) is 6.95. The average molecular weight is 446 g/mol. The highest BCUT2D eigenvalue weighted by atomic mass is 35.5. The molecule has 0 saturated heterocycles. The van der Waals surface area contributed by atoms with Gasteiger partial charge in [0.2, 0.25) is 0 Å². The molecule has 1 aliphatic carbocycles. The van der Waals surface area contributed by atoms with Crippen LogP contribution in [0.3, 0.4) is 0 Å². The summed E-state index contributed by atoms with van der Waals surface area (Å²) < 4.78 is 37.6. The summed E-state index contributed by atoms with van der Waals surface area (Å²) >= 11 is 12.0. The van der Waals surface area contributed by atoms with Crippen molar-refractivity contribution in [1.82, 2.24) is 10.3 Å². The largest absolute Gasteiger partial charge is 0.433 e. The number of aromatic nitrogens is 1. The number of carbonyl (C=O) groups is 1. The number of amides is 1. The number of anilines is 1. The lowest BCUT2D eigenvalue weighted by molar-refractivity contribution is -0.141. The van der Waals surface area contributed by atoms with Gasteiger partial charge >= 0.3 is 6.18 Å². The van der Waals surface area contributed by atoms with E-state index in [1.807, 2.05) is 0 Å². The monoisotopic (exact) mass is 445 g/mol. The summed E-state index contributed by atoms with van der Waals surface area (Å²) in [7, 11) is 0. The van der Waals surface area contributed by atoms with Crippen molar-refractivity contribution in [1.29, 1.82) is 0 Å². The molecule has 0 atom stereocenters. The van der Waals surface area contributed by atoms with E-state index in [0.717, 1.165) is 31.7 Å². The standard InChI is InChI=1S/C20H20Cl2F3N3O/c21-13-3-7-17(22)16(9-13)19(29)28-14-4-1-12(2-5-14)10-26-15-6-8-18(27-11-15)20(23,24)25/h3,6-9,11-12,14,26H,1-2,4-5,10H2,(H,28,29)/t12-,14-. The van der Waals surface area contributed by atoms with E-state index < -0.39 is 11.9 Å². The molecule has 1 heterocycles. The number of hydrogen-bond donors (Lipinski definition) is 2. The minimum absolute atomic E-state index is 0.0570. The summed E-state index contributed by atoms with van der Waals surface area (Å²) in [5.74, 6) is 0.134. The predicted octanol–water partition coefficient (Wildman–Crippen LogP) is 5.81. The van der Waals surface area contributed by atoms with E-state index >= 15 is 0 Å². The Morgan fingerprint density at radius 1 is 1.10 bits per heavy atom. The molecular weight excluding hydrogens is 426 g/mol. The lowest BCUT2D eigenvalue weighted by atomic mass is 9.86. The molecule has 1 aromatic heterocycles. The summed E-state index contributed by atoms with van der Waals surface area (Å²) in [6, 6.07) is 7.18. The number of nitrogens with one attached hydrogen (secondary N) is 2. The average Bonchev–Trinajstić information content (AvgIpc) is 2.69. The number of nitrogens with zero attached hydrogens (tertiary/aromatic N) is 1. The van der Waals surface area contributed by atoms with Gasteiger partial charge in [-0.05, 0) is 61.9 Å². The van der Waals surface area contributed by atoms with Gasteiger partial charge in [0, 0.05) is 17.6 Å². The number of pyridine rings is 1. The summed E-state index contributed by atoms with van der Waals surface area (Å²) in [6.07, 6.45) is 0.202. The second kappa shape index (κ2) is 9.22. The van der Waals surface area contributed by atoms with Crippen LogP contribution in [0.2, 0.25) is 10.0 Å². The van der Waals surface area contributed by atoms with Crippen molar-refractivity contribution in [2.24, 2.45) is 5.92 Å². The van der Waals surface area contributed by atoms with Crippen LogP contribution in [-0.2, 0) is 6.18 Å². The molecule has 1 amide bonds. The fourth-order valence-corrected chi connectivity index (χ4v) is 3.75. The van der Waals surface area contributed by atoms with Gasteiger partial charge in [0.25, 0.3) is 5.91 Å². The molecule has 1 aromatic carbocycles. The Kier molecular flexibility index (Phi) is 6.90. The van der Waals surface area contributed by atoms with E-state index in [0.29, 0.717) is 33.8 Å². The lowest BCUT2D eigenvalue weighted by Gasteiger charge is -2.29. The van der Waals surface area contributed by atoms with Crippen molar-refractivity contribution in [3.63, 3.8) is 0 Å². The maximum Gasteiger partial charge on any atom is 0.433 e. The second-order valence-electron chi connectivity index (χ2n) is 7.13. The zero-order valence-electron chi connectivity index (χ0n) is 15.4. The zero-order chi connectivity index (χ0) is 21.0. The predicted molar refractivity (Wildman–Crippen MR) is 107 cm³/mol. The van der Waals surface area contributed by atoms with E-state index in [-0.39, 0.29) is 11.9 Å². The molecule has 156 valence electrons. The molecule has 1 saturated carbocycles. The van der Waals surface area contributed by atoms with E-state index in [1.165, 1.54) is 12.3 Å². The highest BCUT2D eigenvalue weighted by Crippen LogP contribution is 2.29. The third-order valence-corrected chi connectivity index (χ3v) is 5.57. The van der Waals surface area contributed by atoms with Crippen LogP contribution in [0.5, 0.6) is 0 Å². The van der Waals surface area contributed by atoms with Crippen LogP contribution in [0.15, 0.2) is 36.5 Å². The summed E-state index contributed by atoms with van der Waals surface area (Å²) in [4.78, 5) is 15.9. The molecule has 0 spiro atoms. The van der Waals surface area contributed by atoms with E-state index in [2.05, 4.69) is 15.6 Å². The van der Waals surface area contributed by atoms with Crippen LogP contribution in [0.4, 0.5) is 18.9 Å². The van der Waals surface area contributed by atoms with Crippen molar-refractivity contribution in [2.45, 2.75) is 37.9 Å². The molecule has 2 aromatic rings. The van der Waals surface area contributed by atoms with Crippen molar-refractivity contribution in [3.8, 4) is 0 Å². The minimum atomic E-state index is -4.43. The smallest absolute Gasteiger partial charge is 0.384 e. The molecule has 3 rings (SSSR count). The normalized spacial score (nSPS) is 19.6. The van der Waals surface area contributed by atoms with E-state index in [4.69, 9.17) is 23.2 Å². The maximum absolute atomic E-state index is 12.5. The fraction of sp³-hybridized carbons (Fsp3) is 0.400. The number of hydrogen-bond acceptors (Lipinski definition) is 3. The van der Waals surface area contributed by atoms with Crippen molar-refractivity contribution in [2.75, 3.05) is 11.9 Å². The van der Waals surface area contributed by atoms with Gasteiger partial charge in [-0.25, -0.2) is 4.98 Å². The van der Waals surface area contributed by atoms with Crippen LogP contribution >= 0.6 is 23.2 Å². The minimum Gasteiger partial charge on any atom is -0.384 e. The number of benzene rings is 1. The molecule has 1 aliphatic rings. The van der Waals surface area contributed by atoms with Crippen molar-refractivity contribution >= 4 is 34.8 Å². The molecule has 1 fully saturated rings. The molecule has 0 bridgehead atoms. The van der Waals surface area contributed by atoms with Crippen LogP contribution in [-0.4, -0.2) is 23.5 Å². The van der Waals surface area contributed by atoms with Crippen LogP contribution < -0.4 is 10.6 Å². The highest BCUT2D eigenvalue weighted by Gasteiger charge is 2.32. The van der Waals surface area contributed by atoms with Gasteiger partial charge in [-0.2, -0.15) is 13.2 Å². The first-order valence-electron chi connectivity index (χ1n) is 9.25. The van der Waals surface area contributed by atoms with Crippen LogP contribution in [0.25, 0.3) is 0 Å². The first-order chi connectivity index (χ1) is 13.7. The number of carbonyl (C=O) groups excluding carboxylic acids is 1.